The van der Waals surface area contributed by atoms with E-state index in [0.29, 0.717) is 0 Å². The number of hydrogen-bond acceptors (Lipinski definition) is 7. The zero-order valence-corrected chi connectivity index (χ0v) is 12.6. The van der Waals surface area contributed by atoms with Gasteiger partial charge < -0.3 is 15.2 Å². The maximum absolute atomic E-state index is 11.4. The number of carbonyl (C=O) groups is 4. The molecule has 0 aromatic carbocycles. The number of aliphatic carboxylic acids is 1. The van der Waals surface area contributed by atoms with E-state index in [4.69, 9.17) is 5.11 Å². The molecule has 0 saturated heterocycles. The molecule has 0 spiro atoms. The maximum atomic E-state index is 11.4. The van der Waals surface area contributed by atoms with Crippen LogP contribution >= 0.6 is 0 Å². The third-order valence-corrected chi connectivity index (χ3v) is 2.90. The van der Waals surface area contributed by atoms with Crippen LogP contribution in [-0.2, 0) is 29.3 Å². The van der Waals surface area contributed by atoms with Gasteiger partial charge >= 0.3 is 22.3 Å². The molecule has 0 aliphatic heterocycles. The molecule has 0 heterocycles. The van der Waals surface area contributed by atoms with Crippen molar-refractivity contribution in [2.24, 2.45) is 0 Å². The topological polar surface area (TPSA) is 168 Å². The molecule has 0 fully saturated rings. The van der Waals surface area contributed by atoms with Crippen molar-refractivity contribution in [2.45, 2.75) is 19.8 Å². The van der Waals surface area contributed by atoms with Crippen LogP contribution in [-0.4, -0.2) is 57.0 Å². The summed E-state index contributed by atoms with van der Waals surface area (Å²) in [5.41, 5.74) is 0. The number of rotatable bonds is 10. The van der Waals surface area contributed by atoms with Crippen molar-refractivity contribution < 1.29 is 37.4 Å². The van der Waals surface area contributed by atoms with Gasteiger partial charge in [0.1, 0.15) is 5.78 Å². The highest BCUT2D eigenvalue weighted by molar-refractivity contribution is 7.88. The number of Topliss-reactive ketones (excluding diaryl/α,β-unsaturated/α-hetero) is 1. The van der Waals surface area contributed by atoms with Crippen LogP contribution in [0.3, 0.4) is 0 Å². The standard InChI is InChI=1S/C10H17N3O8S/c1-7(14)5-11-8(15)6-12-22(19,20)13-10(18)21-4-2-3-9(16)17/h12H,2-6H2,1H3,(H,11,15)(H,13,18)(H,16,17). The first kappa shape index (κ1) is 19.8. The molecule has 126 valence electrons. The fourth-order valence-corrected chi connectivity index (χ4v) is 1.68. The van der Waals surface area contributed by atoms with E-state index in [9.17, 15) is 27.6 Å². The maximum Gasteiger partial charge on any atom is 0.421 e. The Hall–Kier alpha value is -2.21. The van der Waals surface area contributed by atoms with Gasteiger partial charge in [-0.3, -0.25) is 14.4 Å². The lowest BCUT2D eigenvalue weighted by molar-refractivity contribution is -0.137. The van der Waals surface area contributed by atoms with Crippen LogP contribution in [0.2, 0.25) is 0 Å². The minimum absolute atomic E-state index is 0.0314. The second kappa shape index (κ2) is 9.68. The second-order valence-electron chi connectivity index (χ2n) is 4.04. The predicted molar refractivity (Wildman–Crippen MR) is 72.0 cm³/mol. The van der Waals surface area contributed by atoms with Crippen molar-refractivity contribution in [3.05, 3.63) is 0 Å². The van der Waals surface area contributed by atoms with Gasteiger partial charge in [-0.15, -0.1) is 0 Å². The van der Waals surface area contributed by atoms with Gasteiger partial charge in [0.2, 0.25) is 5.91 Å². The smallest absolute Gasteiger partial charge is 0.421 e. The number of ketones is 1. The van der Waals surface area contributed by atoms with E-state index in [0.717, 1.165) is 0 Å². The largest absolute Gasteiger partial charge is 0.481 e. The first-order valence-corrected chi connectivity index (χ1v) is 7.53. The van der Waals surface area contributed by atoms with E-state index >= 15 is 0 Å². The van der Waals surface area contributed by atoms with E-state index < -0.39 is 34.7 Å². The van der Waals surface area contributed by atoms with Crippen molar-refractivity contribution in [3.8, 4) is 0 Å². The molecule has 0 bridgehead atoms. The van der Waals surface area contributed by atoms with Crippen LogP contribution in [0.15, 0.2) is 0 Å². The fraction of sp³-hybridized carbons (Fsp3) is 0.600. The summed E-state index contributed by atoms with van der Waals surface area (Å²) in [6.07, 6.45) is -1.50. The van der Waals surface area contributed by atoms with Crippen LogP contribution in [0.5, 0.6) is 0 Å². The highest BCUT2D eigenvalue weighted by atomic mass is 32.2. The molecule has 0 aromatic rings. The van der Waals surface area contributed by atoms with Crippen LogP contribution in [0.25, 0.3) is 0 Å². The van der Waals surface area contributed by atoms with Crippen LogP contribution in [0, 0.1) is 0 Å². The molecule has 4 N–H and O–H groups in total. The molecular formula is C10H17N3O8S. The molecule has 0 aromatic heterocycles. The van der Waals surface area contributed by atoms with Crippen LogP contribution in [0.1, 0.15) is 19.8 Å². The Morgan fingerprint density at radius 1 is 1.14 bits per heavy atom. The molecule has 22 heavy (non-hydrogen) atoms. The average molecular weight is 339 g/mol. The van der Waals surface area contributed by atoms with Crippen LogP contribution in [0.4, 0.5) is 4.79 Å². The van der Waals surface area contributed by atoms with Gasteiger partial charge in [0.25, 0.3) is 0 Å². The highest BCUT2D eigenvalue weighted by Crippen LogP contribution is 1.91. The van der Waals surface area contributed by atoms with Gasteiger partial charge in [0, 0.05) is 6.42 Å². The van der Waals surface area contributed by atoms with Crippen molar-refractivity contribution in [2.75, 3.05) is 19.7 Å². The van der Waals surface area contributed by atoms with Gasteiger partial charge in [-0.1, -0.05) is 0 Å². The van der Waals surface area contributed by atoms with E-state index in [-0.39, 0.29) is 31.8 Å². The lowest BCUT2D eigenvalue weighted by Gasteiger charge is -2.08. The molecule has 11 nitrogen and oxygen atoms in total. The Balaban J connectivity index is 4.02. The highest BCUT2D eigenvalue weighted by Gasteiger charge is 2.16. The third kappa shape index (κ3) is 11.6. The van der Waals surface area contributed by atoms with E-state index in [2.05, 4.69) is 10.1 Å². The summed E-state index contributed by atoms with van der Waals surface area (Å²) in [6, 6.07) is 0. The lowest BCUT2D eigenvalue weighted by Crippen LogP contribution is -2.45. The Morgan fingerprint density at radius 3 is 2.32 bits per heavy atom. The van der Waals surface area contributed by atoms with E-state index in [1.807, 2.05) is 0 Å². The number of carboxylic acid groups (broad SMARTS) is 1. The number of nitrogens with one attached hydrogen (secondary N) is 3. The average Bonchev–Trinajstić information content (AvgIpc) is 2.38. The predicted octanol–water partition coefficient (Wildman–Crippen LogP) is -1.88. The summed E-state index contributed by atoms with van der Waals surface area (Å²) in [4.78, 5) is 43.1. The van der Waals surface area contributed by atoms with Crippen LogP contribution < -0.4 is 14.8 Å². The summed E-state index contributed by atoms with van der Waals surface area (Å²) in [6.45, 7) is 0.0631. The summed E-state index contributed by atoms with van der Waals surface area (Å²) < 4.78 is 30.4. The van der Waals surface area contributed by atoms with Gasteiger partial charge in [-0.05, 0) is 13.3 Å². The van der Waals surface area contributed by atoms with Gasteiger partial charge in [0.15, 0.2) is 0 Å². The molecule has 0 aliphatic rings. The Bertz CT molecular complexity index is 530. The minimum Gasteiger partial charge on any atom is -0.481 e. The van der Waals surface area contributed by atoms with Crippen molar-refractivity contribution in [1.29, 1.82) is 0 Å². The molecule has 0 saturated carbocycles. The Morgan fingerprint density at radius 2 is 1.77 bits per heavy atom. The quantitative estimate of drug-likeness (QED) is 0.335. The third-order valence-electron chi connectivity index (χ3n) is 1.94. The molecule has 0 radical (unpaired) electrons. The molecule has 0 unspecified atom stereocenters. The van der Waals surface area contributed by atoms with Gasteiger partial charge in [0.05, 0.1) is 19.7 Å². The van der Waals surface area contributed by atoms with Crippen molar-refractivity contribution >= 4 is 34.0 Å². The minimum atomic E-state index is -4.30. The van der Waals surface area contributed by atoms with Gasteiger partial charge in [-0.25, -0.2) is 9.52 Å². The Labute approximate surface area is 126 Å². The number of carboxylic acids is 1. The zero-order valence-electron chi connectivity index (χ0n) is 11.7. The molecular weight excluding hydrogens is 322 g/mol. The summed E-state index contributed by atoms with van der Waals surface area (Å²) in [5, 5.41) is 10.5. The molecule has 0 atom stereocenters. The Kier molecular flexibility index (Phi) is 8.70. The molecule has 0 aliphatic carbocycles. The van der Waals surface area contributed by atoms with E-state index in [1.54, 1.807) is 4.72 Å². The zero-order chi connectivity index (χ0) is 17.2. The van der Waals surface area contributed by atoms with Crippen molar-refractivity contribution in [3.63, 3.8) is 0 Å². The fourth-order valence-electron chi connectivity index (χ4n) is 1.01. The van der Waals surface area contributed by atoms with Gasteiger partial charge in [-0.2, -0.15) is 13.1 Å². The molecule has 0 rings (SSSR count). The second-order valence-corrected chi connectivity index (χ2v) is 5.54. The summed E-state index contributed by atoms with van der Waals surface area (Å²) >= 11 is 0. The lowest BCUT2D eigenvalue weighted by atomic mass is 10.3. The first-order valence-electron chi connectivity index (χ1n) is 6.04. The first-order chi connectivity index (χ1) is 10.1. The SMILES string of the molecule is CC(=O)CNC(=O)CNS(=O)(=O)NC(=O)OCCCC(=O)O. The monoisotopic (exact) mass is 339 g/mol. The van der Waals surface area contributed by atoms with E-state index in [1.165, 1.54) is 11.6 Å². The van der Waals surface area contributed by atoms with Crippen molar-refractivity contribution in [1.82, 2.24) is 14.8 Å². The number of ether oxygens (including phenoxy) is 1. The summed E-state index contributed by atoms with van der Waals surface area (Å²) in [7, 11) is -4.30. The summed E-state index contributed by atoms with van der Waals surface area (Å²) in [5.74, 6) is -2.13. The number of carbonyl (C=O) groups excluding carboxylic acids is 3. The molecule has 12 heteroatoms. The number of hydrogen-bond donors (Lipinski definition) is 4. The normalized spacial score (nSPS) is 10.6. The number of amides is 2. The molecule has 2 amide bonds.